The molecule has 38 heavy (non-hydrogen) atoms. The number of piperidine rings is 1. The van der Waals surface area contributed by atoms with Gasteiger partial charge in [0, 0.05) is 19.6 Å². The van der Waals surface area contributed by atoms with Crippen LogP contribution < -0.4 is 10.9 Å². The quantitative estimate of drug-likeness (QED) is 0.505. The van der Waals surface area contributed by atoms with Crippen molar-refractivity contribution >= 4 is 15.9 Å². The minimum atomic E-state index is -3.72. The van der Waals surface area contributed by atoms with E-state index in [4.69, 9.17) is 4.74 Å². The highest BCUT2D eigenvalue weighted by molar-refractivity contribution is 7.89. The number of nitrogens with one attached hydrogen (secondary N) is 1. The molecule has 200 valence electrons. The summed E-state index contributed by atoms with van der Waals surface area (Å²) in [6.07, 6.45) is 0.428. The topological polar surface area (TPSA) is 131 Å². The van der Waals surface area contributed by atoms with Crippen LogP contribution in [-0.2, 0) is 33.5 Å². The molecule has 1 spiro atoms. The van der Waals surface area contributed by atoms with E-state index in [2.05, 4.69) is 10.3 Å². The molecular weight excluding hydrogens is 515 g/mol. The van der Waals surface area contributed by atoms with Crippen LogP contribution in [-0.4, -0.2) is 53.0 Å². The molecule has 3 aromatic rings. The smallest absolute Gasteiger partial charge is 0.296 e. The van der Waals surface area contributed by atoms with Crippen molar-refractivity contribution in [3.8, 4) is 5.75 Å². The van der Waals surface area contributed by atoms with Gasteiger partial charge in [-0.1, -0.05) is 29.8 Å². The second kappa shape index (κ2) is 9.93. The zero-order valence-corrected chi connectivity index (χ0v) is 21.5. The molecule has 3 heterocycles. The lowest BCUT2D eigenvalue weighted by atomic mass is 9.89. The van der Waals surface area contributed by atoms with E-state index >= 15 is 0 Å². The number of carbonyl (C=O) groups excluding carboxylic acids is 1. The zero-order chi connectivity index (χ0) is 27.1. The molecule has 1 saturated heterocycles. The Labute approximate surface area is 218 Å². The Balaban J connectivity index is 1.40. The summed E-state index contributed by atoms with van der Waals surface area (Å²) in [5.74, 6) is -1.77. The Kier molecular flexibility index (Phi) is 6.80. The summed E-state index contributed by atoms with van der Waals surface area (Å²) in [4.78, 5) is 30.5. The number of sulfonamides is 1. The van der Waals surface area contributed by atoms with E-state index in [0.717, 1.165) is 5.56 Å². The standard InChI is InChI=1S/C26H27FN4O6S/c1-17-2-8-20(9-3-17)38(35,36)30-12-10-26(11-13-30)25-29-21(22(32)24(34)31(25)14-15-37-26)23(33)28-16-18-4-6-19(27)7-5-18/h2-9,32H,10-16H2,1H3,(H,28,33). The third-order valence-corrected chi connectivity index (χ3v) is 8.93. The third kappa shape index (κ3) is 4.70. The van der Waals surface area contributed by atoms with Crippen LogP contribution in [0.2, 0.25) is 0 Å². The summed E-state index contributed by atoms with van der Waals surface area (Å²) in [6, 6.07) is 12.2. The van der Waals surface area contributed by atoms with Gasteiger partial charge in [-0.2, -0.15) is 4.31 Å². The summed E-state index contributed by atoms with van der Waals surface area (Å²) in [7, 11) is -3.72. The summed E-state index contributed by atoms with van der Waals surface area (Å²) in [6.45, 7) is 2.47. The van der Waals surface area contributed by atoms with E-state index in [1.165, 1.54) is 33.1 Å². The maximum atomic E-state index is 13.2. The van der Waals surface area contributed by atoms with Crippen molar-refractivity contribution in [3.05, 3.63) is 87.3 Å². The molecule has 0 radical (unpaired) electrons. The lowest BCUT2D eigenvalue weighted by Gasteiger charge is -2.43. The van der Waals surface area contributed by atoms with Crippen LogP contribution in [0.15, 0.2) is 58.2 Å². The lowest BCUT2D eigenvalue weighted by Crippen LogP contribution is -2.52. The van der Waals surface area contributed by atoms with Gasteiger partial charge < -0.3 is 15.2 Å². The SMILES string of the molecule is Cc1ccc(S(=O)(=O)N2CCC3(CC2)OCCn2c3nc(C(=O)NCc3ccc(F)cc3)c(O)c2=O)cc1. The fourth-order valence-electron chi connectivity index (χ4n) is 4.84. The number of aromatic hydroxyl groups is 1. The van der Waals surface area contributed by atoms with Crippen LogP contribution in [0.3, 0.4) is 0 Å². The number of hydrogen-bond acceptors (Lipinski definition) is 7. The Morgan fingerprint density at radius 2 is 1.76 bits per heavy atom. The summed E-state index contributed by atoms with van der Waals surface area (Å²) in [5.41, 5.74) is -0.722. The number of aromatic nitrogens is 2. The molecule has 1 amide bonds. The first-order valence-electron chi connectivity index (χ1n) is 12.2. The highest BCUT2D eigenvalue weighted by Crippen LogP contribution is 2.39. The summed E-state index contributed by atoms with van der Waals surface area (Å²) < 4.78 is 48.3. The molecule has 1 aromatic heterocycles. The number of nitrogens with zero attached hydrogens (tertiary/aromatic N) is 3. The Hall–Kier alpha value is -3.61. The van der Waals surface area contributed by atoms with Crippen molar-refractivity contribution in [3.63, 3.8) is 0 Å². The predicted molar refractivity (Wildman–Crippen MR) is 135 cm³/mol. The fraction of sp³-hybridized carbons (Fsp3) is 0.346. The highest BCUT2D eigenvalue weighted by Gasteiger charge is 2.46. The maximum absolute atomic E-state index is 13.2. The maximum Gasteiger partial charge on any atom is 0.296 e. The number of benzene rings is 2. The van der Waals surface area contributed by atoms with Crippen molar-refractivity contribution in [2.45, 2.75) is 43.4 Å². The average Bonchev–Trinajstić information content (AvgIpc) is 2.91. The molecule has 1 fully saturated rings. The molecule has 10 nitrogen and oxygen atoms in total. The van der Waals surface area contributed by atoms with E-state index in [1.54, 1.807) is 24.3 Å². The van der Waals surface area contributed by atoms with Crippen LogP contribution in [0.25, 0.3) is 0 Å². The van der Waals surface area contributed by atoms with E-state index in [-0.39, 0.29) is 56.3 Å². The van der Waals surface area contributed by atoms with Gasteiger partial charge in [0.1, 0.15) is 17.2 Å². The largest absolute Gasteiger partial charge is 0.501 e. The third-order valence-electron chi connectivity index (χ3n) is 7.02. The molecule has 5 rings (SSSR count). The zero-order valence-electron chi connectivity index (χ0n) is 20.7. The molecule has 2 aliphatic heterocycles. The molecule has 2 aliphatic rings. The second-order valence-corrected chi connectivity index (χ2v) is 11.4. The van der Waals surface area contributed by atoms with Gasteiger partial charge in [-0.3, -0.25) is 14.2 Å². The molecule has 2 N–H and O–H groups in total. The van der Waals surface area contributed by atoms with Crippen molar-refractivity contribution < 1.29 is 27.4 Å². The van der Waals surface area contributed by atoms with E-state index in [9.17, 15) is 27.5 Å². The lowest BCUT2D eigenvalue weighted by molar-refractivity contribution is -0.110. The van der Waals surface area contributed by atoms with Crippen molar-refractivity contribution in [2.75, 3.05) is 19.7 Å². The molecule has 0 saturated carbocycles. The number of amides is 1. The van der Waals surface area contributed by atoms with Crippen LogP contribution >= 0.6 is 0 Å². The summed E-state index contributed by atoms with van der Waals surface area (Å²) >= 11 is 0. The first-order valence-corrected chi connectivity index (χ1v) is 13.6. The van der Waals surface area contributed by atoms with Gasteiger partial charge in [0.15, 0.2) is 5.69 Å². The number of rotatable bonds is 5. The molecular formula is C26H27FN4O6S. The first kappa shape index (κ1) is 26.0. The Bertz CT molecular complexity index is 1530. The first-order chi connectivity index (χ1) is 18.1. The molecule has 0 atom stereocenters. The molecule has 12 heteroatoms. The van der Waals surface area contributed by atoms with E-state index in [1.807, 2.05) is 6.92 Å². The minimum absolute atomic E-state index is 0.0339. The minimum Gasteiger partial charge on any atom is -0.501 e. The van der Waals surface area contributed by atoms with Gasteiger partial charge in [-0.05, 0) is 49.6 Å². The van der Waals surface area contributed by atoms with Crippen LogP contribution in [0, 0.1) is 12.7 Å². The van der Waals surface area contributed by atoms with Crippen molar-refractivity contribution in [1.29, 1.82) is 0 Å². The monoisotopic (exact) mass is 542 g/mol. The van der Waals surface area contributed by atoms with Gasteiger partial charge in [0.05, 0.1) is 18.0 Å². The van der Waals surface area contributed by atoms with Gasteiger partial charge in [0.2, 0.25) is 15.8 Å². The second-order valence-electron chi connectivity index (χ2n) is 9.46. The molecule has 0 bridgehead atoms. The molecule has 0 unspecified atom stereocenters. The summed E-state index contributed by atoms with van der Waals surface area (Å²) in [5, 5.41) is 13.1. The van der Waals surface area contributed by atoms with E-state index < -0.39 is 44.4 Å². The number of fused-ring (bicyclic) bond motifs is 2. The highest BCUT2D eigenvalue weighted by atomic mass is 32.2. The van der Waals surface area contributed by atoms with E-state index in [0.29, 0.717) is 5.56 Å². The van der Waals surface area contributed by atoms with Gasteiger partial charge in [-0.25, -0.2) is 17.8 Å². The van der Waals surface area contributed by atoms with Crippen molar-refractivity contribution in [2.24, 2.45) is 0 Å². The fourth-order valence-corrected chi connectivity index (χ4v) is 6.28. The van der Waals surface area contributed by atoms with Gasteiger partial charge >= 0.3 is 0 Å². The number of aryl methyl sites for hydroxylation is 1. The van der Waals surface area contributed by atoms with Crippen LogP contribution in [0.1, 0.15) is 40.3 Å². The molecule has 2 aromatic carbocycles. The molecule has 0 aliphatic carbocycles. The number of halogens is 1. The number of hydrogen-bond donors (Lipinski definition) is 2. The van der Waals surface area contributed by atoms with Crippen LogP contribution in [0.4, 0.5) is 4.39 Å². The normalized spacial score (nSPS) is 17.2. The Morgan fingerprint density at radius 1 is 1.11 bits per heavy atom. The van der Waals surface area contributed by atoms with Gasteiger partial charge in [-0.15, -0.1) is 0 Å². The number of carbonyl (C=O) groups is 1. The van der Waals surface area contributed by atoms with Crippen LogP contribution in [0.5, 0.6) is 5.75 Å². The van der Waals surface area contributed by atoms with Gasteiger partial charge in [0.25, 0.3) is 11.5 Å². The average molecular weight is 543 g/mol. The Morgan fingerprint density at radius 3 is 2.42 bits per heavy atom. The number of ether oxygens (including phenoxy) is 1. The van der Waals surface area contributed by atoms with Crippen molar-refractivity contribution in [1.82, 2.24) is 19.2 Å². The predicted octanol–water partition coefficient (Wildman–Crippen LogP) is 2.04.